The lowest BCUT2D eigenvalue weighted by Crippen LogP contribution is -2.36. The normalized spacial score (nSPS) is 25.7. The molecule has 17 heavy (non-hydrogen) atoms. The summed E-state index contributed by atoms with van der Waals surface area (Å²) in [5.74, 6) is 1.79. The summed E-state index contributed by atoms with van der Waals surface area (Å²) in [6, 6.07) is 1.27. The van der Waals surface area contributed by atoms with Gasteiger partial charge in [-0.3, -0.25) is 4.21 Å². The van der Waals surface area contributed by atoms with Crippen molar-refractivity contribution in [3.05, 3.63) is 0 Å². The summed E-state index contributed by atoms with van der Waals surface area (Å²) in [6.45, 7) is 6.78. The van der Waals surface area contributed by atoms with E-state index in [4.69, 9.17) is 0 Å². The first kappa shape index (κ1) is 15.1. The second kappa shape index (κ2) is 8.22. The van der Waals surface area contributed by atoms with Gasteiger partial charge in [-0.25, -0.2) is 0 Å². The maximum atomic E-state index is 11.2. The number of nitrogens with one attached hydrogen (secondary N) is 1. The van der Waals surface area contributed by atoms with Crippen molar-refractivity contribution in [2.45, 2.75) is 51.6 Å². The first-order chi connectivity index (χ1) is 8.09. The zero-order valence-electron chi connectivity index (χ0n) is 11.6. The van der Waals surface area contributed by atoms with Crippen LogP contribution < -0.4 is 5.32 Å². The Kier molecular flexibility index (Phi) is 7.32. The molecule has 0 unspecified atom stereocenters. The van der Waals surface area contributed by atoms with Crippen LogP contribution in [0.25, 0.3) is 0 Å². The third kappa shape index (κ3) is 6.53. The summed E-state index contributed by atoms with van der Waals surface area (Å²) in [4.78, 5) is 2.39. The van der Waals surface area contributed by atoms with Crippen LogP contribution in [-0.4, -0.2) is 52.8 Å². The lowest BCUT2D eigenvalue weighted by atomic mass is 10.1. The van der Waals surface area contributed by atoms with Crippen LogP contribution in [0.1, 0.15) is 39.5 Å². The molecule has 3 nitrogen and oxygen atoms in total. The Morgan fingerprint density at radius 1 is 1.29 bits per heavy atom. The molecule has 1 rings (SSSR count). The lowest BCUT2D eigenvalue weighted by Gasteiger charge is -2.23. The molecule has 102 valence electrons. The molecule has 1 aliphatic heterocycles. The third-order valence-electron chi connectivity index (χ3n) is 3.64. The molecule has 4 heteroatoms. The molecule has 0 atom stereocenters. The van der Waals surface area contributed by atoms with Crippen molar-refractivity contribution in [2.24, 2.45) is 0 Å². The molecule has 0 spiro atoms. The fourth-order valence-electron chi connectivity index (χ4n) is 2.05. The Bertz CT molecular complexity index is 223. The van der Waals surface area contributed by atoms with Crippen LogP contribution in [0.5, 0.6) is 0 Å². The van der Waals surface area contributed by atoms with Crippen LogP contribution >= 0.6 is 0 Å². The smallest absolute Gasteiger partial charge is 0.0249 e. The Labute approximate surface area is 109 Å². The quantitative estimate of drug-likeness (QED) is 0.706. The average molecular weight is 260 g/mol. The first-order valence-electron chi connectivity index (χ1n) is 6.88. The van der Waals surface area contributed by atoms with E-state index in [0.717, 1.165) is 30.9 Å². The van der Waals surface area contributed by atoms with Gasteiger partial charge in [0.25, 0.3) is 0 Å². The highest BCUT2D eigenvalue weighted by Crippen LogP contribution is 2.09. The molecule has 1 aliphatic rings. The van der Waals surface area contributed by atoms with Crippen molar-refractivity contribution >= 4 is 10.8 Å². The molecular weight excluding hydrogens is 232 g/mol. The van der Waals surface area contributed by atoms with Crippen LogP contribution in [0.4, 0.5) is 0 Å². The number of unbranched alkanes of at least 4 members (excludes halogenated alkanes) is 1. The van der Waals surface area contributed by atoms with Crippen molar-refractivity contribution < 1.29 is 4.21 Å². The Morgan fingerprint density at radius 3 is 2.53 bits per heavy atom. The molecule has 0 saturated carbocycles. The molecule has 0 aliphatic carbocycles. The van der Waals surface area contributed by atoms with Crippen molar-refractivity contribution in [3.63, 3.8) is 0 Å². The summed E-state index contributed by atoms with van der Waals surface area (Å²) in [5.41, 5.74) is 0. The second-order valence-corrected chi connectivity index (χ2v) is 7.05. The Morgan fingerprint density at radius 2 is 1.94 bits per heavy atom. The largest absolute Gasteiger partial charge is 0.314 e. The van der Waals surface area contributed by atoms with E-state index in [1.54, 1.807) is 0 Å². The van der Waals surface area contributed by atoms with E-state index in [0.29, 0.717) is 12.1 Å². The summed E-state index contributed by atoms with van der Waals surface area (Å²) in [6.07, 6.45) is 4.70. The van der Waals surface area contributed by atoms with Gasteiger partial charge in [0.2, 0.25) is 0 Å². The van der Waals surface area contributed by atoms with Crippen LogP contribution in [0.2, 0.25) is 0 Å². The van der Waals surface area contributed by atoms with E-state index in [1.165, 1.54) is 19.4 Å². The zero-order chi connectivity index (χ0) is 12.7. The van der Waals surface area contributed by atoms with Crippen LogP contribution in [0.3, 0.4) is 0 Å². The minimum absolute atomic E-state index is 0.528. The van der Waals surface area contributed by atoms with E-state index in [1.807, 2.05) is 0 Å². The van der Waals surface area contributed by atoms with E-state index in [-0.39, 0.29) is 0 Å². The van der Waals surface area contributed by atoms with Crippen molar-refractivity contribution in [1.82, 2.24) is 10.2 Å². The molecule has 0 bridgehead atoms. The fraction of sp³-hybridized carbons (Fsp3) is 1.00. The summed E-state index contributed by atoms with van der Waals surface area (Å²) in [7, 11) is 1.66. The van der Waals surface area contributed by atoms with Crippen molar-refractivity contribution in [2.75, 3.05) is 31.6 Å². The maximum absolute atomic E-state index is 11.2. The van der Waals surface area contributed by atoms with Gasteiger partial charge in [-0.05, 0) is 59.7 Å². The number of nitrogens with zero attached hydrogens (tertiary/aromatic N) is 1. The van der Waals surface area contributed by atoms with Gasteiger partial charge in [0.15, 0.2) is 0 Å². The van der Waals surface area contributed by atoms with Gasteiger partial charge < -0.3 is 10.2 Å². The highest BCUT2D eigenvalue weighted by atomic mass is 32.2. The molecule has 0 aromatic carbocycles. The molecule has 0 radical (unpaired) electrons. The molecular formula is C13H28N2OS. The number of hydrogen-bond acceptors (Lipinski definition) is 3. The monoisotopic (exact) mass is 260 g/mol. The molecule has 0 aromatic heterocycles. The third-order valence-corrected chi connectivity index (χ3v) is 5.02. The van der Waals surface area contributed by atoms with Crippen molar-refractivity contribution in [1.29, 1.82) is 0 Å². The minimum atomic E-state index is -0.528. The molecule has 0 amide bonds. The van der Waals surface area contributed by atoms with Gasteiger partial charge in [-0.15, -0.1) is 0 Å². The lowest BCUT2D eigenvalue weighted by molar-refractivity contribution is 0.267. The van der Waals surface area contributed by atoms with E-state index >= 15 is 0 Å². The molecule has 1 fully saturated rings. The average Bonchev–Trinajstić information content (AvgIpc) is 2.30. The second-order valence-electron chi connectivity index (χ2n) is 5.36. The van der Waals surface area contributed by atoms with E-state index < -0.39 is 10.8 Å². The maximum Gasteiger partial charge on any atom is 0.0249 e. The van der Waals surface area contributed by atoms with E-state index in [2.05, 4.69) is 31.1 Å². The van der Waals surface area contributed by atoms with Crippen LogP contribution in [0, 0.1) is 0 Å². The Hall–Kier alpha value is 0.0700. The standard InChI is InChI=1S/C13H28N2OS/c1-12(2)15(3)9-5-4-8-14-13-6-10-17(16)11-7-13/h12-14H,4-11H2,1-3H3. The van der Waals surface area contributed by atoms with Crippen molar-refractivity contribution in [3.8, 4) is 0 Å². The fourth-order valence-corrected chi connectivity index (χ4v) is 3.35. The SMILES string of the molecule is CC(C)N(C)CCCCNC1CCS(=O)CC1. The van der Waals surface area contributed by atoms with Gasteiger partial charge in [0.1, 0.15) is 0 Å². The van der Waals surface area contributed by atoms with Gasteiger partial charge in [0, 0.05) is 34.4 Å². The topological polar surface area (TPSA) is 32.3 Å². The van der Waals surface area contributed by atoms with Gasteiger partial charge in [0.05, 0.1) is 0 Å². The number of rotatable bonds is 7. The zero-order valence-corrected chi connectivity index (χ0v) is 12.4. The number of hydrogen-bond donors (Lipinski definition) is 1. The predicted octanol–water partition coefficient (Wildman–Crippen LogP) is 1.61. The van der Waals surface area contributed by atoms with Gasteiger partial charge in [-0.2, -0.15) is 0 Å². The van der Waals surface area contributed by atoms with E-state index in [9.17, 15) is 4.21 Å². The first-order valence-corrected chi connectivity index (χ1v) is 8.37. The predicted molar refractivity (Wildman–Crippen MR) is 75.9 cm³/mol. The summed E-state index contributed by atoms with van der Waals surface area (Å²) >= 11 is 0. The summed E-state index contributed by atoms with van der Waals surface area (Å²) in [5, 5.41) is 3.59. The summed E-state index contributed by atoms with van der Waals surface area (Å²) < 4.78 is 11.2. The van der Waals surface area contributed by atoms with Gasteiger partial charge >= 0.3 is 0 Å². The van der Waals surface area contributed by atoms with Crippen LogP contribution in [0.15, 0.2) is 0 Å². The molecule has 1 N–H and O–H groups in total. The van der Waals surface area contributed by atoms with Crippen LogP contribution in [-0.2, 0) is 10.8 Å². The Balaban J connectivity index is 1.95. The van der Waals surface area contributed by atoms with Gasteiger partial charge in [-0.1, -0.05) is 0 Å². The highest BCUT2D eigenvalue weighted by molar-refractivity contribution is 7.85. The molecule has 1 saturated heterocycles. The highest BCUT2D eigenvalue weighted by Gasteiger charge is 2.16. The molecule has 0 aromatic rings. The minimum Gasteiger partial charge on any atom is -0.314 e. The molecule has 1 heterocycles.